The van der Waals surface area contributed by atoms with Gasteiger partial charge in [0.2, 0.25) is 0 Å². The molecular weight excluding hydrogens is 639 g/mol. The lowest BCUT2D eigenvalue weighted by Gasteiger charge is -2.28. The Morgan fingerprint density at radius 2 is 1.04 bits per heavy atom. The van der Waals surface area contributed by atoms with Gasteiger partial charge >= 0.3 is 0 Å². The van der Waals surface area contributed by atoms with Crippen LogP contribution in [0, 0.1) is 0 Å². The molecule has 0 atom stereocenters. The van der Waals surface area contributed by atoms with E-state index in [2.05, 4.69) is 187 Å². The molecule has 8 aromatic carbocycles. The number of hydrogen-bond donors (Lipinski definition) is 0. The fourth-order valence-electron chi connectivity index (χ4n) is 7.52. The van der Waals surface area contributed by atoms with Gasteiger partial charge in [-0.25, -0.2) is 0 Å². The van der Waals surface area contributed by atoms with Crippen LogP contribution in [0.2, 0.25) is 0 Å². The van der Waals surface area contributed by atoms with Crippen LogP contribution in [0.25, 0.3) is 75.5 Å². The first-order valence-corrected chi connectivity index (χ1v) is 18.1. The van der Waals surface area contributed by atoms with Gasteiger partial charge in [-0.15, -0.1) is 11.3 Å². The molecule has 51 heavy (non-hydrogen) atoms. The molecule has 0 N–H and O–H groups in total. The molecule has 2 aromatic heterocycles. The minimum atomic E-state index is 0.862. The van der Waals surface area contributed by atoms with E-state index in [9.17, 15) is 0 Å². The predicted octanol–water partition coefficient (Wildman–Crippen LogP) is 14.4. The van der Waals surface area contributed by atoms with Crippen LogP contribution in [0.4, 0.5) is 17.1 Å². The molecule has 0 saturated carbocycles. The Morgan fingerprint density at radius 3 is 1.86 bits per heavy atom. The van der Waals surface area contributed by atoms with Crippen LogP contribution in [-0.4, -0.2) is 0 Å². The fourth-order valence-corrected chi connectivity index (χ4v) is 8.65. The molecule has 0 amide bonds. The zero-order valence-corrected chi connectivity index (χ0v) is 28.5. The van der Waals surface area contributed by atoms with Crippen molar-refractivity contribution in [2.45, 2.75) is 0 Å². The number of thiophene rings is 1. The highest BCUT2D eigenvalue weighted by atomic mass is 32.1. The Kier molecular flexibility index (Phi) is 7.04. The van der Waals surface area contributed by atoms with Crippen LogP contribution in [-0.2, 0) is 0 Å². The van der Waals surface area contributed by atoms with E-state index < -0.39 is 0 Å². The second-order valence-corrected chi connectivity index (χ2v) is 14.0. The van der Waals surface area contributed by atoms with Crippen molar-refractivity contribution in [1.82, 2.24) is 0 Å². The molecule has 0 saturated heterocycles. The van der Waals surface area contributed by atoms with Crippen LogP contribution < -0.4 is 4.90 Å². The van der Waals surface area contributed by atoms with Gasteiger partial charge in [0, 0.05) is 47.9 Å². The van der Waals surface area contributed by atoms with Crippen molar-refractivity contribution in [3.63, 3.8) is 0 Å². The average Bonchev–Trinajstić information content (AvgIpc) is 3.78. The summed E-state index contributed by atoms with van der Waals surface area (Å²) in [7, 11) is 0. The summed E-state index contributed by atoms with van der Waals surface area (Å²) in [5, 5.41) is 4.83. The third-order valence-corrected chi connectivity index (χ3v) is 11.0. The smallest absolute Gasteiger partial charge is 0.160 e. The molecule has 2 heterocycles. The van der Waals surface area contributed by atoms with Gasteiger partial charge < -0.3 is 9.32 Å². The Labute approximate surface area is 300 Å². The van der Waals surface area contributed by atoms with E-state index in [0.717, 1.165) is 55.7 Å². The topological polar surface area (TPSA) is 16.4 Å². The van der Waals surface area contributed by atoms with E-state index >= 15 is 0 Å². The summed E-state index contributed by atoms with van der Waals surface area (Å²) in [6, 6.07) is 67.3. The summed E-state index contributed by atoms with van der Waals surface area (Å²) in [6.45, 7) is 0. The molecule has 0 radical (unpaired) electrons. The molecule has 0 fully saturated rings. The largest absolute Gasteiger partial charge is 0.454 e. The molecule has 0 aliphatic heterocycles. The average molecular weight is 670 g/mol. The molecule has 2 nitrogen and oxygen atoms in total. The van der Waals surface area contributed by atoms with Gasteiger partial charge in [0.05, 0.1) is 5.69 Å². The fraction of sp³-hybridized carbons (Fsp3) is 0. The van der Waals surface area contributed by atoms with Crippen LogP contribution in [0.5, 0.6) is 0 Å². The molecule has 0 bridgehead atoms. The van der Waals surface area contributed by atoms with Crippen LogP contribution in [0.15, 0.2) is 192 Å². The summed E-state index contributed by atoms with van der Waals surface area (Å²) < 4.78 is 9.44. The van der Waals surface area contributed by atoms with Gasteiger partial charge in [-0.1, -0.05) is 140 Å². The van der Waals surface area contributed by atoms with Crippen molar-refractivity contribution in [2.24, 2.45) is 0 Å². The number of benzene rings is 8. The normalized spacial score (nSPS) is 11.5. The number of hydrogen-bond acceptors (Lipinski definition) is 3. The third-order valence-electron chi connectivity index (χ3n) is 9.88. The maximum absolute atomic E-state index is 6.82. The summed E-state index contributed by atoms with van der Waals surface area (Å²) >= 11 is 1.86. The highest BCUT2D eigenvalue weighted by Gasteiger charge is 2.24. The Bertz CT molecular complexity index is 2850. The molecule has 10 aromatic rings. The second-order valence-electron chi connectivity index (χ2n) is 12.9. The lowest BCUT2D eigenvalue weighted by atomic mass is 9.97. The van der Waals surface area contributed by atoms with Gasteiger partial charge in [-0.3, -0.25) is 0 Å². The minimum Gasteiger partial charge on any atom is -0.454 e. The van der Waals surface area contributed by atoms with E-state index in [4.69, 9.17) is 4.42 Å². The van der Waals surface area contributed by atoms with Crippen molar-refractivity contribution in [3.8, 4) is 33.4 Å². The lowest BCUT2D eigenvalue weighted by Crippen LogP contribution is -2.12. The first-order chi connectivity index (χ1) is 25.3. The second kappa shape index (κ2) is 12.2. The molecule has 0 spiro atoms. The Balaban J connectivity index is 1.23. The van der Waals surface area contributed by atoms with Gasteiger partial charge in [0.25, 0.3) is 0 Å². The van der Waals surface area contributed by atoms with E-state index in [1.165, 1.54) is 36.9 Å². The molecule has 10 rings (SSSR count). The van der Waals surface area contributed by atoms with E-state index in [-0.39, 0.29) is 0 Å². The number of para-hydroxylation sites is 1. The van der Waals surface area contributed by atoms with E-state index in [1.54, 1.807) is 0 Å². The zero-order chi connectivity index (χ0) is 33.7. The monoisotopic (exact) mass is 669 g/mol. The number of rotatable bonds is 6. The van der Waals surface area contributed by atoms with Gasteiger partial charge in [0.15, 0.2) is 5.58 Å². The van der Waals surface area contributed by atoms with Gasteiger partial charge in [-0.05, 0) is 76.3 Å². The van der Waals surface area contributed by atoms with Crippen molar-refractivity contribution in [2.75, 3.05) is 4.90 Å². The molecular formula is C48H31NOS. The quantitative estimate of drug-likeness (QED) is 0.175. The van der Waals surface area contributed by atoms with Gasteiger partial charge in [-0.2, -0.15) is 0 Å². The number of anilines is 3. The maximum Gasteiger partial charge on any atom is 0.160 e. The maximum atomic E-state index is 6.82. The standard InChI is InChI=1S/C48H31NOS/c1-3-13-32(14-4-1)35-17-11-18-37(31-35)49(36-27-25-34(26-28-36)38-21-12-24-45-46(38)42-20-8-10-23-44(42)51-45)47-39(33-15-5-2-6-16-33)29-30-41-40-19-7-9-22-43(40)50-48(41)47/h1-31H. The summed E-state index contributed by atoms with van der Waals surface area (Å²) in [6.07, 6.45) is 0. The molecule has 3 heteroatoms. The van der Waals surface area contributed by atoms with Crippen molar-refractivity contribution in [3.05, 3.63) is 188 Å². The Hall–Kier alpha value is -6.42. The number of furan rings is 1. The highest BCUT2D eigenvalue weighted by Crippen LogP contribution is 2.48. The summed E-state index contributed by atoms with van der Waals surface area (Å²) in [4.78, 5) is 2.38. The SMILES string of the molecule is c1ccc(-c2cccc(N(c3ccc(-c4cccc5sc6ccccc6c45)cc3)c3c(-c4ccccc4)ccc4c3oc3ccccc34)c2)cc1. The number of fused-ring (bicyclic) bond motifs is 6. The minimum absolute atomic E-state index is 0.862. The molecule has 0 aliphatic rings. The predicted molar refractivity (Wildman–Crippen MR) is 218 cm³/mol. The molecule has 0 aliphatic carbocycles. The summed E-state index contributed by atoms with van der Waals surface area (Å²) in [5.41, 5.74) is 11.9. The number of nitrogens with zero attached hydrogens (tertiary/aromatic N) is 1. The summed E-state index contributed by atoms with van der Waals surface area (Å²) in [5.74, 6) is 0. The van der Waals surface area contributed by atoms with Crippen LogP contribution in [0.1, 0.15) is 0 Å². The first kappa shape index (κ1) is 29.5. The van der Waals surface area contributed by atoms with E-state index in [0.29, 0.717) is 0 Å². The zero-order valence-electron chi connectivity index (χ0n) is 27.7. The van der Waals surface area contributed by atoms with Crippen molar-refractivity contribution in [1.29, 1.82) is 0 Å². The van der Waals surface area contributed by atoms with Crippen molar-refractivity contribution >= 4 is 70.5 Å². The molecule has 0 unspecified atom stereocenters. The van der Waals surface area contributed by atoms with E-state index in [1.807, 2.05) is 17.4 Å². The first-order valence-electron chi connectivity index (χ1n) is 17.3. The Morgan fingerprint density at radius 1 is 0.392 bits per heavy atom. The van der Waals surface area contributed by atoms with Crippen molar-refractivity contribution < 1.29 is 4.42 Å². The van der Waals surface area contributed by atoms with Gasteiger partial charge in [0.1, 0.15) is 5.58 Å². The molecule has 240 valence electrons. The van der Waals surface area contributed by atoms with Crippen LogP contribution in [0.3, 0.4) is 0 Å². The highest BCUT2D eigenvalue weighted by molar-refractivity contribution is 7.25. The lowest BCUT2D eigenvalue weighted by molar-refractivity contribution is 0.669. The third kappa shape index (κ3) is 5.01. The van der Waals surface area contributed by atoms with Crippen LogP contribution >= 0.6 is 11.3 Å².